The second-order valence-electron chi connectivity index (χ2n) is 7.87. The molecule has 0 radical (unpaired) electrons. The average molecular weight is 484 g/mol. The molecule has 0 bridgehead atoms. The Labute approximate surface area is 208 Å². The highest BCUT2D eigenvalue weighted by atomic mass is 32.2. The fourth-order valence-corrected chi connectivity index (χ4v) is 4.74. The zero-order chi connectivity index (χ0) is 24.2. The van der Waals surface area contributed by atoms with Crippen molar-refractivity contribution in [3.63, 3.8) is 0 Å². The molecule has 2 aromatic heterocycles. The molecule has 0 aliphatic heterocycles. The zero-order valence-corrected chi connectivity index (χ0v) is 20.6. The summed E-state index contributed by atoms with van der Waals surface area (Å²) in [6, 6.07) is 25.9. The average Bonchev–Trinajstić information content (AvgIpc) is 3.51. The summed E-state index contributed by atoms with van der Waals surface area (Å²) in [5.74, 6) is 3.03. The van der Waals surface area contributed by atoms with Crippen molar-refractivity contribution in [3.05, 3.63) is 90.6 Å². The Bertz CT molecular complexity index is 1430. The molecule has 0 spiro atoms. The SMILES string of the molecule is COc1ccc(-c2nn(-c3ccccc3)cc2CSc2nnc(-c3ccccc3OC)n2C)cc1. The number of para-hydroxylation sites is 2. The van der Waals surface area contributed by atoms with Crippen LogP contribution in [0.4, 0.5) is 0 Å². The Morgan fingerprint density at radius 1 is 0.829 bits per heavy atom. The van der Waals surface area contributed by atoms with Gasteiger partial charge in [-0.3, -0.25) is 0 Å². The van der Waals surface area contributed by atoms with Crippen LogP contribution in [0.5, 0.6) is 11.5 Å². The van der Waals surface area contributed by atoms with Crippen LogP contribution in [-0.4, -0.2) is 38.8 Å². The number of aromatic nitrogens is 5. The minimum Gasteiger partial charge on any atom is -0.497 e. The zero-order valence-electron chi connectivity index (χ0n) is 19.8. The van der Waals surface area contributed by atoms with Crippen LogP contribution >= 0.6 is 11.8 Å². The van der Waals surface area contributed by atoms with E-state index in [0.717, 1.165) is 50.6 Å². The summed E-state index contributed by atoms with van der Waals surface area (Å²) in [5, 5.41) is 14.6. The van der Waals surface area contributed by atoms with Crippen molar-refractivity contribution in [2.75, 3.05) is 14.2 Å². The third kappa shape index (κ3) is 4.65. The normalized spacial score (nSPS) is 10.9. The molecule has 0 fully saturated rings. The van der Waals surface area contributed by atoms with Crippen molar-refractivity contribution in [1.82, 2.24) is 24.5 Å². The first-order valence-electron chi connectivity index (χ1n) is 11.1. The van der Waals surface area contributed by atoms with E-state index in [4.69, 9.17) is 14.6 Å². The topological polar surface area (TPSA) is 67.0 Å². The minimum atomic E-state index is 0.687. The number of ether oxygens (including phenoxy) is 2. The second-order valence-corrected chi connectivity index (χ2v) is 8.81. The van der Waals surface area contributed by atoms with Gasteiger partial charge in [0.05, 0.1) is 31.2 Å². The molecule has 5 aromatic rings. The summed E-state index contributed by atoms with van der Waals surface area (Å²) in [4.78, 5) is 0. The monoisotopic (exact) mass is 483 g/mol. The molecule has 0 aliphatic carbocycles. The highest BCUT2D eigenvalue weighted by Gasteiger charge is 2.17. The molecule has 0 saturated heterocycles. The molecule has 0 saturated carbocycles. The molecule has 0 amide bonds. The lowest BCUT2D eigenvalue weighted by Crippen LogP contribution is -1.97. The van der Waals surface area contributed by atoms with Crippen LogP contribution in [0.3, 0.4) is 0 Å². The van der Waals surface area contributed by atoms with E-state index in [1.807, 2.05) is 95.2 Å². The first-order chi connectivity index (χ1) is 17.2. The van der Waals surface area contributed by atoms with Crippen LogP contribution < -0.4 is 9.47 Å². The van der Waals surface area contributed by atoms with E-state index in [1.54, 1.807) is 26.0 Å². The molecular formula is C27H25N5O2S. The Hall–Kier alpha value is -4.04. The number of hydrogen-bond acceptors (Lipinski definition) is 6. The largest absolute Gasteiger partial charge is 0.497 e. The number of benzene rings is 3. The van der Waals surface area contributed by atoms with Gasteiger partial charge < -0.3 is 14.0 Å². The number of nitrogens with zero attached hydrogens (tertiary/aromatic N) is 5. The molecule has 0 N–H and O–H groups in total. The van der Waals surface area contributed by atoms with Crippen LogP contribution in [0.25, 0.3) is 28.3 Å². The van der Waals surface area contributed by atoms with Crippen LogP contribution in [0.1, 0.15) is 5.56 Å². The lowest BCUT2D eigenvalue weighted by Gasteiger charge is -2.08. The lowest BCUT2D eigenvalue weighted by atomic mass is 10.1. The molecule has 8 heteroatoms. The van der Waals surface area contributed by atoms with E-state index in [9.17, 15) is 0 Å². The quantitative estimate of drug-likeness (QED) is 0.266. The predicted octanol–water partition coefficient (Wildman–Crippen LogP) is 5.64. The van der Waals surface area contributed by atoms with Crippen LogP contribution in [0.2, 0.25) is 0 Å². The van der Waals surface area contributed by atoms with E-state index < -0.39 is 0 Å². The maximum absolute atomic E-state index is 5.51. The van der Waals surface area contributed by atoms with E-state index in [2.05, 4.69) is 16.4 Å². The third-order valence-electron chi connectivity index (χ3n) is 5.71. The smallest absolute Gasteiger partial charge is 0.191 e. The summed E-state index contributed by atoms with van der Waals surface area (Å²) in [6.07, 6.45) is 2.08. The van der Waals surface area contributed by atoms with Crippen LogP contribution in [-0.2, 0) is 12.8 Å². The molecule has 176 valence electrons. The molecule has 0 atom stereocenters. The molecule has 2 heterocycles. The van der Waals surface area contributed by atoms with E-state index in [1.165, 1.54) is 0 Å². The van der Waals surface area contributed by atoms with Crippen molar-refractivity contribution in [2.45, 2.75) is 10.9 Å². The van der Waals surface area contributed by atoms with E-state index in [0.29, 0.717) is 5.75 Å². The predicted molar refractivity (Wildman–Crippen MR) is 138 cm³/mol. The number of thioether (sulfide) groups is 1. The Balaban J connectivity index is 1.46. The van der Waals surface area contributed by atoms with Crippen LogP contribution in [0, 0.1) is 0 Å². The van der Waals surface area contributed by atoms with Crippen LogP contribution in [0.15, 0.2) is 90.2 Å². The maximum atomic E-state index is 5.51. The molecule has 5 rings (SSSR count). The van der Waals surface area contributed by atoms with Crippen molar-refractivity contribution >= 4 is 11.8 Å². The van der Waals surface area contributed by atoms with Gasteiger partial charge in [-0.2, -0.15) is 5.10 Å². The first kappa shape index (κ1) is 22.7. The molecular weight excluding hydrogens is 458 g/mol. The fourth-order valence-electron chi connectivity index (χ4n) is 3.87. The van der Waals surface area contributed by atoms with Gasteiger partial charge in [0.15, 0.2) is 11.0 Å². The van der Waals surface area contributed by atoms with Gasteiger partial charge >= 0.3 is 0 Å². The van der Waals surface area contributed by atoms with Gasteiger partial charge in [-0.25, -0.2) is 4.68 Å². The Kier molecular flexibility index (Phi) is 6.54. The van der Waals surface area contributed by atoms with E-state index >= 15 is 0 Å². The molecule has 0 unspecified atom stereocenters. The van der Waals surface area contributed by atoms with Gasteiger partial charge in [-0.1, -0.05) is 42.1 Å². The Morgan fingerprint density at radius 3 is 2.31 bits per heavy atom. The molecule has 0 aliphatic rings. The summed E-state index contributed by atoms with van der Waals surface area (Å²) in [7, 11) is 5.30. The maximum Gasteiger partial charge on any atom is 0.191 e. The van der Waals surface area contributed by atoms with Gasteiger partial charge in [0.2, 0.25) is 0 Å². The van der Waals surface area contributed by atoms with Gasteiger partial charge in [0, 0.05) is 30.1 Å². The summed E-state index contributed by atoms with van der Waals surface area (Å²) in [6.45, 7) is 0. The van der Waals surface area contributed by atoms with Crippen molar-refractivity contribution in [3.8, 4) is 39.8 Å². The molecule has 35 heavy (non-hydrogen) atoms. The lowest BCUT2D eigenvalue weighted by molar-refractivity contribution is 0.415. The van der Waals surface area contributed by atoms with Gasteiger partial charge in [-0.05, 0) is 48.5 Å². The van der Waals surface area contributed by atoms with Crippen molar-refractivity contribution in [2.24, 2.45) is 7.05 Å². The van der Waals surface area contributed by atoms with Gasteiger partial charge in [0.1, 0.15) is 11.5 Å². The number of hydrogen-bond donors (Lipinski definition) is 0. The fraction of sp³-hybridized carbons (Fsp3) is 0.148. The summed E-state index contributed by atoms with van der Waals surface area (Å²) < 4.78 is 14.8. The van der Waals surface area contributed by atoms with E-state index in [-0.39, 0.29) is 0 Å². The number of methoxy groups -OCH3 is 2. The van der Waals surface area contributed by atoms with Crippen molar-refractivity contribution < 1.29 is 9.47 Å². The van der Waals surface area contributed by atoms with Gasteiger partial charge in [0.25, 0.3) is 0 Å². The standard InChI is InChI=1S/C27H25N5O2S/c1-31-26(23-11-7-8-12-24(23)34-3)28-29-27(31)35-18-20-17-32(21-9-5-4-6-10-21)30-25(20)19-13-15-22(33-2)16-14-19/h4-17H,18H2,1-3H3. The third-order valence-corrected chi connectivity index (χ3v) is 6.78. The molecule has 7 nitrogen and oxygen atoms in total. The first-order valence-corrected chi connectivity index (χ1v) is 12.1. The highest BCUT2D eigenvalue weighted by molar-refractivity contribution is 7.98. The number of rotatable bonds is 8. The van der Waals surface area contributed by atoms with Crippen molar-refractivity contribution in [1.29, 1.82) is 0 Å². The summed E-state index contributed by atoms with van der Waals surface area (Å²) in [5.41, 5.74) is 4.98. The Morgan fingerprint density at radius 2 is 1.57 bits per heavy atom. The summed E-state index contributed by atoms with van der Waals surface area (Å²) >= 11 is 1.62. The minimum absolute atomic E-state index is 0.687. The highest BCUT2D eigenvalue weighted by Crippen LogP contribution is 2.33. The molecule has 3 aromatic carbocycles. The van der Waals surface area contributed by atoms with Gasteiger partial charge in [-0.15, -0.1) is 10.2 Å². The second kappa shape index (κ2) is 10.1.